The van der Waals surface area contributed by atoms with E-state index < -0.39 is 30.0 Å². The van der Waals surface area contributed by atoms with Gasteiger partial charge in [0.2, 0.25) is 23.5 Å². The Kier molecular flexibility index (Phi) is 10.3. The molecule has 1 saturated carbocycles. The zero-order valence-electron chi connectivity index (χ0n) is 34.4. The molecule has 1 aliphatic carbocycles. The van der Waals surface area contributed by atoms with Gasteiger partial charge < -0.3 is 25.2 Å². The van der Waals surface area contributed by atoms with Crippen molar-refractivity contribution in [2.24, 2.45) is 25.9 Å². The van der Waals surface area contributed by atoms with E-state index in [1.165, 1.54) is 17.7 Å². The Bertz CT molecular complexity index is 2670. The molecule has 1 aromatic carbocycles. The third-order valence-corrected chi connectivity index (χ3v) is 13.7. The van der Waals surface area contributed by atoms with E-state index in [1.54, 1.807) is 30.2 Å². The SMILES string of the molecule is Cn1nc(C2CCC(=O)NC2=O)c2cc(F)c(C3CCN(CC4CCN(c5ncc(Cl)c(Nc6cnc7c(c6)c6c(c(=O)n7C)OCC(F)(F)C(C7CC7)N6)n5)CC4)CC3)cc21. The molecule has 4 aliphatic heterocycles. The molecule has 10 rings (SSSR count). The highest BCUT2D eigenvalue weighted by Crippen LogP contribution is 2.46. The number of rotatable bonds is 8. The maximum absolute atomic E-state index is 15.8. The normalized spacial score (nSPS) is 22.6. The van der Waals surface area contributed by atoms with Crippen LogP contribution in [0.25, 0.3) is 21.9 Å². The van der Waals surface area contributed by atoms with Crippen LogP contribution >= 0.6 is 11.6 Å². The number of ether oxygens (including phenoxy) is 1. The number of nitrogens with zero attached hydrogens (tertiary/aromatic N) is 8. The third-order valence-electron chi connectivity index (χ3n) is 13.4. The van der Waals surface area contributed by atoms with Gasteiger partial charge in [-0.15, -0.1) is 0 Å². The van der Waals surface area contributed by atoms with E-state index in [4.69, 9.17) is 21.3 Å². The summed E-state index contributed by atoms with van der Waals surface area (Å²) >= 11 is 6.60. The van der Waals surface area contributed by atoms with Gasteiger partial charge in [-0.2, -0.15) is 10.1 Å². The number of fused-ring (bicyclic) bond motifs is 4. The number of hydrogen-bond donors (Lipinski definition) is 3. The van der Waals surface area contributed by atoms with Crippen molar-refractivity contribution in [3.8, 4) is 5.75 Å². The highest BCUT2D eigenvalue weighted by molar-refractivity contribution is 6.33. The summed E-state index contributed by atoms with van der Waals surface area (Å²) in [6.45, 7) is 3.32. The molecule has 8 heterocycles. The number of hydrogen-bond acceptors (Lipinski definition) is 12. The topological polar surface area (TPSA) is 164 Å². The summed E-state index contributed by atoms with van der Waals surface area (Å²) in [7, 11) is 3.34. The van der Waals surface area contributed by atoms with E-state index in [0.717, 1.165) is 63.9 Å². The van der Waals surface area contributed by atoms with E-state index in [0.29, 0.717) is 75.3 Å². The summed E-state index contributed by atoms with van der Waals surface area (Å²) in [5.41, 5.74) is 2.44. The number of benzene rings is 1. The summed E-state index contributed by atoms with van der Waals surface area (Å²) in [6.07, 6.45) is 8.61. The number of nitrogens with one attached hydrogen (secondary N) is 3. The number of piperidine rings is 3. The number of alkyl halides is 2. The van der Waals surface area contributed by atoms with Crippen molar-refractivity contribution in [2.75, 3.05) is 54.9 Å². The van der Waals surface area contributed by atoms with E-state index in [1.807, 2.05) is 6.07 Å². The van der Waals surface area contributed by atoms with Crippen LogP contribution in [0.1, 0.15) is 74.5 Å². The molecule has 5 aromatic rings. The third kappa shape index (κ3) is 7.47. The number of pyridine rings is 2. The highest BCUT2D eigenvalue weighted by atomic mass is 35.5. The molecule has 3 N–H and O–H groups in total. The first-order valence-corrected chi connectivity index (χ1v) is 21.8. The molecule has 4 fully saturated rings. The number of imide groups is 1. The first-order chi connectivity index (χ1) is 29.8. The molecular weight excluding hydrogens is 827 g/mol. The van der Waals surface area contributed by atoms with Gasteiger partial charge in [-0.3, -0.25) is 28.9 Å². The van der Waals surface area contributed by atoms with Gasteiger partial charge in [-0.25, -0.2) is 23.1 Å². The Morgan fingerprint density at radius 3 is 2.47 bits per heavy atom. The zero-order chi connectivity index (χ0) is 43.0. The molecule has 0 spiro atoms. The number of halogens is 4. The molecule has 5 aliphatic rings. The lowest BCUT2D eigenvalue weighted by atomic mass is 9.86. The monoisotopic (exact) mass is 873 g/mol. The summed E-state index contributed by atoms with van der Waals surface area (Å²) in [6, 6.07) is 3.97. The fraction of sp³-hybridized carbons (Fsp3) is 0.512. The number of likely N-dealkylation sites (tertiary alicyclic amines) is 1. The number of amides is 2. The summed E-state index contributed by atoms with van der Waals surface area (Å²) in [5.74, 6) is -3.64. The number of carbonyl (C=O) groups is 2. The van der Waals surface area contributed by atoms with Crippen LogP contribution in [0, 0.1) is 17.7 Å². The van der Waals surface area contributed by atoms with E-state index >= 15 is 13.2 Å². The van der Waals surface area contributed by atoms with Crippen molar-refractivity contribution in [3.05, 3.63) is 63.0 Å². The minimum Gasteiger partial charge on any atom is -0.480 e. The Balaban J connectivity index is 0.770. The van der Waals surface area contributed by atoms with Crippen molar-refractivity contribution in [1.29, 1.82) is 0 Å². The van der Waals surface area contributed by atoms with Gasteiger partial charge in [0.1, 0.15) is 16.5 Å². The molecule has 15 nitrogen and oxygen atoms in total. The lowest BCUT2D eigenvalue weighted by Crippen LogP contribution is -2.44. The van der Waals surface area contributed by atoms with Crippen LogP contribution in [0.3, 0.4) is 0 Å². The Morgan fingerprint density at radius 2 is 1.73 bits per heavy atom. The molecule has 2 amide bonds. The second kappa shape index (κ2) is 15.7. The lowest BCUT2D eigenvalue weighted by molar-refractivity contribution is -0.134. The minimum absolute atomic E-state index is 0.0729. The Morgan fingerprint density at radius 1 is 0.952 bits per heavy atom. The summed E-state index contributed by atoms with van der Waals surface area (Å²) in [5, 5.41) is 14.6. The molecular formula is C43H47ClF3N11O4. The smallest absolute Gasteiger partial charge is 0.301 e. The molecule has 2 unspecified atom stereocenters. The van der Waals surface area contributed by atoms with E-state index in [9.17, 15) is 14.4 Å². The predicted molar refractivity (Wildman–Crippen MR) is 227 cm³/mol. The van der Waals surface area contributed by atoms with Gasteiger partial charge in [-0.05, 0) is 99.6 Å². The molecule has 0 bridgehead atoms. The second-order valence-electron chi connectivity index (χ2n) is 17.6. The largest absolute Gasteiger partial charge is 0.480 e. The zero-order valence-corrected chi connectivity index (χ0v) is 35.2. The van der Waals surface area contributed by atoms with Gasteiger partial charge in [0.15, 0.2) is 12.4 Å². The molecule has 19 heteroatoms. The van der Waals surface area contributed by atoms with Crippen molar-refractivity contribution in [2.45, 2.75) is 75.2 Å². The highest BCUT2D eigenvalue weighted by Gasteiger charge is 2.51. The quantitative estimate of drug-likeness (QED) is 0.157. The van der Waals surface area contributed by atoms with Gasteiger partial charge >= 0.3 is 5.92 Å². The maximum atomic E-state index is 15.8. The minimum atomic E-state index is -3.16. The van der Waals surface area contributed by atoms with Gasteiger partial charge in [0.05, 0.1) is 46.9 Å². The van der Waals surface area contributed by atoms with Crippen LogP contribution in [0.15, 0.2) is 35.4 Å². The Hall–Kier alpha value is -5.49. The van der Waals surface area contributed by atoms with Crippen LogP contribution in [-0.4, -0.2) is 97.3 Å². The fourth-order valence-corrected chi connectivity index (χ4v) is 9.97. The van der Waals surface area contributed by atoms with Crippen LogP contribution in [0.4, 0.5) is 36.3 Å². The molecule has 62 heavy (non-hydrogen) atoms. The van der Waals surface area contributed by atoms with Gasteiger partial charge in [-0.1, -0.05) is 11.6 Å². The molecule has 2 atom stereocenters. The van der Waals surface area contributed by atoms with E-state index in [-0.39, 0.29) is 47.3 Å². The van der Waals surface area contributed by atoms with Crippen LogP contribution < -0.4 is 31.1 Å². The summed E-state index contributed by atoms with van der Waals surface area (Å²) in [4.78, 5) is 56.0. The number of aromatic nitrogens is 6. The molecule has 0 radical (unpaired) electrons. The maximum Gasteiger partial charge on any atom is 0.301 e. The lowest BCUT2D eigenvalue weighted by Gasteiger charge is -2.38. The first kappa shape index (κ1) is 40.6. The average Bonchev–Trinajstić information content (AvgIpc) is 4.06. The number of carbonyl (C=O) groups excluding carboxylic acids is 2. The van der Waals surface area contributed by atoms with Crippen LogP contribution in [0.5, 0.6) is 5.75 Å². The van der Waals surface area contributed by atoms with Crippen molar-refractivity contribution in [3.63, 3.8) is 0 Å². The van der Waals surface area contributed by atoms with Gasteiger partial charge in [0.25, 0.3) is 5.56 Å². The van der Waals surface area contributed by atoms with Gasteiger partial charge in [0, 0.05) is 50.9 Å². The van der Waals surface area contributed by atoms with Crippen LogP contribution in [0.2, 0.25) is 5.02 Å². The number of aryl methyl sites for hydroxylation is 2. The Labute approximate surface area is 359 Å². The van der Waals surface area contributed by atoms with Crippen LogP contribution in [-0.2, 0) is 23.7 Å². The van der Waals surface area contributed by atoms with Crippen molar-refractivity contribution in [1.82, 2.24) is 39.5 Å². The predicted octanol–water partition coefficient (Wildman–Crippen LogP) is 5.98. The summed E-state index contributed by atoms with van der Waals surface area (Å²) < 4.78 is 54.5. The molecule has 3 saturated heterocycles. The van der Waals surface area contributed by atoms with E-state index in [2.05, 4.69) is 40.8 Å². The number of anilines is 4. The second-order valence-corrected chi connectivity index (χ2v) is 18.0. The standard InChI is InChI=1S/C43H47ClF3N11O4/c1-55-39-29(35-36(41(55)61)62-21-43(46,47)37(52-35)24-3-4-24)15-25(18-48-39)50-38-30(44)19-49-42(53-38)58-13-7-22(8-14-58)20-57-11-9-23(10-12-57)27-17-32-28(16-31(27)45)34(54-56(32)2)26-5-6-33(59)51-40(26)60/h15-19,22-24,26,37,52H,3-14,20-21H2,1-2H3,(H,49,50,53)(H,51,59,60). The first-order valence-electron chi connectivity index (χ1n) is 21.4. The average molecular weight is 874 g/mol. The molecule has 4 aromatic heterocycles. The van der Waals surface area contributed by atoms with Crippen molar-refractivity contribution < 1.29 is 27.5 Å². The van der Waals surface area contributed by atoms with Crippen molar-refractivity contribution >= 4 is 68.5 Å². The molecule has 326 valence electrons. The fourth-order valence-electron chi connectivity index (χ4n) is 9.83.